The Labute approximate surface area is 101 Å². The molecule has 1 unspecified atom stereocenters. The Balaban J connectivity index is 2.08. The fraction of sp³-hybridized carbons (Fsp3) is 1.00. The molecular weight excluding hydrogens is 196 g/mol. The summed E-state index contributed by atoms with van der Waals surface area (Å²) in [5.41, 5.74) is 6.47. The van der Waals surface area contributed by atoms with E-state index in [1.807, 2.05) is 0 Å². The van der Waals surface area contributed by atoms with Crippen molar-refractivity contribution in [3.8, 4) is 0 Å². The third-order valence-electron chi connectivity index (χ3n) is 4.79. The predicted octanol–water partition coefficient (Wildman–Crippen LogP) is 2.77. The van der Waals surface area contributed by atoms with Crippen molar-refractivity contribution in [2.45, 2.75) is 70.4 Å². The molecule has 2 nitrogen and oxygen atoms in total. The molecule has 2 rings (SSSR count). The lowest BCUT2D eigenvalue weighted by atomic mass is 9.67. The second kappa shape index (κ2) is 5.05. The number of hydrogen-bond donors (Lipinski definition) is 1. The van der Waals surface area contributed by atoms with Crippen LogP contribution in [0.4, 0.5) is 0 Å². The lowest BCUT2D eigenvalue weighted by molar-refractivity contribution is -0.0405. The standard InChI is InChI=1S/C14H28N2/c1-3-13-7-5-4-6-8-16(13)14(11-15)9-12(2)10-14/h12-13H,3-11,15H2,1-2H3. The Hall–Kier alpha value is -0.0800. The molecule has 0 radical (unpaired) electrons. The van der Waals surface area contributed by atoms with Gasteiger partial charge in [0.15, 0.2) is 0 Å². The van der Waals surface area contributed by atoms with Crippen molar-refractivity contribution in [1.82, 2.24) is 4.90 Å². The predicted molar refractivity (Wildman–Crippen MR) is 69.4 cm³/mol. The Morgan fingerprint density at radius 1 is 1.25 bits per heavy atom. The van der Waals surface area contributed by atoms with Crippen LogP contribution >= 0.6 is 0 Å². The summed E-state index contributed by atoms with van der Waals surface area (Å²) in [6, 6.07) is 0.804. The summed E-state index contributed by atoms with van der Waals surface area (Å²) in [6.07, 6.45) is 9.59. The molecule has 1 saturated heterocycles. The van der Waals surface area contributed by atoms with E-state index in [-0.39, 0.29) is 0 Å². The highest BCUT2D eigenvalue weighted by Crippen LogP contribution is 2.44. The summed E-state index contributed by atoms with van der Waals surface area (Å²) in [5, 5.41) is 0. The van der Waals surface area contributed by atoms with E-state index in [2.05, 4.69) is 18.7 Å². The summed E-state index contributed by atoms with van der Waals surface area (Å²) in [4.78, 5) is 2.79. The highest BCUT2D eigenvalue weighted by Gasteiger charge is 2.47. The molecule has 1 aliphatic heterocycles. The molecule has 1 aliphatic carbocycles. The molecule has 2 heteroatoms. The van der Waals surface area contributed by atoms with Gasteiger partial charge >= 0.3 is 0 Å². The first-order valence-corrected chi connectivity index (χ1v) is 7.18. The van der Waals surface area contributed by atoms with Crippen molar-refractivity contribution in [3.63, 3.8) is 0 Å². The van der Waals surface area contributed by atoms with E-state index in [0.29, 0.717) is 5.54 Å². The second-order valence-corrected chi connectivity index (χ2v) is 6.05. The van der Waals surface area contributed by atoms with Gasteiger partial charge in [-0.1, -0.05) is 26.7 Å². The van der Waals surface area contributed by atoms with Crippen molar-refractivity contribution in [1.29, 1.82) is 0 Å². The van der Waals surface area contributed by atoms with Crippen molar-refractivity contribution in [2.24, 2.45) is 11.7 Å². The molecule has 2 aliphatic rings. The minimum atomic E-state index is 0.379. The van der Waals surface area contributed by atoms with Crippen molar-refractivity contribution in [3.05, 3.63) is 0 Å². The molecule has 1 atom stereocenters. The first-order valence-electron chi connectivity index (χ1n) is 7.18. The quantitative estimate of drug-likeness (QED) is 0.798. The molecule has 0 aromatic rings. The molecule has 2 N–H and O–H groups in total. The van der Waals surface area contributed by atoms with E-state index in [9.17, 15) is 0 Å². The SMILES string of the molecule is CCC1CCCCCN1C1(CN)CC(C)C1. The Morgan fingerprint density at radius 2 is 2.00 bits per heavy atom. The molecule has 0 aromatic heterocycles. The van der Waals surface area contributed by atoms with E-state index in [4.69, 9.17) is 5.73 Å². The van der Waals surface area contributed by atoms with Gasteiger partial charge in [0.2, 0.25) is 0 Å². The molecule has 0 amide bonds. The lowest BCUT2D eigenvalue weighted by Crippen LogP contribution is -2.63. The van der Waals surface area contributed by atoms with E-state index in [1.54, 1.807) is 0 Å². The zero-order valence-corrected chi connectivity index (χ0v) is 11.0. The van der Waals surface area contributed by atoms with Gasteiger partial charge < -0.3 is 5.73 Å². The van der Waals surface area contributed by atoms with Crippen LogP contribution in [0.3, 0.4) is 0 Å². The largest absolute Gasteiger partial charge is 0.329 e. The molecule has 2 fully saturated rings. The highest BCUT2D eigenvalue weighted by atomic mass is 15.2. The van der Waals surface area contributed by atoms with Gasteiger partial charge in [0.25, 0.3) is 0 Å². The van der Waals surface area contributed by atoms with E-state index < -0.39 is 0 Å². The van der Waals surface area contributed by atoms with E-state index in [1.165, 1.54) is 51.5 Å². The van der Waals surface area contributed by atoms with Gasteiger partial charge in [0, 0.05) is 18.1 Å². The van der Waals surface area contributed by atoms with Crippen molar-refractivity contribution in [2.75, 3.05) is 13.1 Å². The number of nitrogens with zero attached hydrogens (tertiary/aromatic N) is 1. The molecule has 16 heavy (non-hydrogen) atoms. The molecule has 94 valence electrons. The maximum Gasteiger partial charge on any atom is 0.0339 e. The maximum absolute atomic E-state index is 6.09. The molecule has 0 bridgehead atoms. The summed E-state index contributed by atoms with van der Waals surface area (Å²) in [6.45, 7) is 6.87. The summed E-state index contributed by atoms with van der Waals surface area (Å²) in [7, 11) is 0. The van der Waals surface area contributed by atoms with Gasteiger partial charge in [-0.3, -0.25) is 4.90 Å². The van der Waals surface area contributed by atoms with E-state index >= 15 is 0 Å². The third kappa shape index (κ3) is 2.14. The summed E-state index contributed by atoms with van der Waals surface area (Å²) in [5.74, 6) is 0.893. The molecule has 0 spiro atoms. The van der Waals surface area contributed by atoms with Gasteiger partial charge in [0.05, 0.1) is 0 Å². The molecule has 1 saturated carbocycles. The number of hydrogen-bond acceptors (Lipinski definition) is 2. The minimum absolute atomic E-state index is 0.379. The monoisotopic (exact) mass is 224 g/mol. The number of nitrogens with two attached hydrogens (primary N) is 1. The smallest absolute Gasteiger partial charge is 0.0339 e. The van der Waals surface area contributed by atoms with Crippen LogP contribution in [0.25, 0.3) is 0 Å². The minimum Gasteiger partial charge on any atom is -0.329 e. The van der Waals surface area contributed by atoms with Gasteiger partial charge in [-0.25, -0.2) is 0 Å². The lowest BCUT2D eigenvalue weighted by Gasteiger charge is -2.55. The Kier molecular flexibility index (Phi) is 3.91. The zero-order chi connectivity index (χ0) is 11.6. The number of likely N-dealkylation sites (tertiary alicyclic amines) is 1. The third-order valence-corrected chi connectivity index (χ3v) is 4.79. The Morgan fingerprint density at radius 3 is 2.56 bits per heavy atom. The van der Waals surface area contributed by atoms with Crippen LogP contribution in [0.2, 0.25) is 0 Å². The van der Waals surface area contributed by atoms with Crippen molar-refractivity contribution < 1.29 is 0 Å². The zero-order valence-electron chi connectivity index (χ0n) is 11.0. The topological polar surface area (TPSA) is 29.3 Å². The fourth-order valence-electron chi connectivity index (χ4n) is 3.98. The molecule has 0 aromatic carbocycles. The molecule has 1 heterocycles. The summed E-state index contributed by atoms with van der Waals surface area (Å²) >= 11 is 0. The van der Waals surface area contributed by atoms with Crippen LogP contribution in [-0.4, -0.2) is 29.6 Å². The second-order valence-electron chi connectivity index (χ2n) is 6.05. The molecular formula is C14H28N2. The average Bonchev–Trinajstić information content (AvgIpc) is 2.49. The van der Waals surface area contributed by atoms with Crippen LogP contribution < -0.4 is 5.73 Å². The van der Waals surface area contributed by atoms with Gasteiger partial charge in [-0.15, -0.1) is 0 Å². The highest BCUT2D eigenvalue weighted by molar-refractivity contribution is 5.04. The van der Waals surface area contributed by atoms with Crippen LogP contribution in [0, 0.1) is 5.92 Å². The first-order chi connectivity index (χ1) is 7.72. The van der Waals surface area contributed by atoms with Crippen LogP contribution in [-0.2, 0) is 0 Å². The summed E-state index contributed by atoms with van der Waals surface area (Å²) < 4.78 is 0. The maximum atomic E-state index is 6.09. The van der Waals surface area contributed by atoms with Crippen LogP contribution in [0.15, 0.2) is 0 Å². The average molecular weight is 224 g/mol. The normalized spacial score (nSPS) is 41.4. The fourth-order valence-corrected chi connectivity index (χ4v) is 3.98. The van der Waals surface area contributed by atoms with Gasteiger partial charge in [-0.2, -0.15) is 0 Å². The van der Waals surface area contributed by atoms with Crippen molar-refractivity contribution >= 4 is 0 Å². The van der Waals surface area contributed by atoms with Gasteiger partial charge in [-0.05, 0) is 44.6 Å². The van der Waals surface area contributed by atoms with Crippen LogP contribution in [0.5, 0.6) is 0 Å². The van der Waals surface area contributed by atoms with Crippen LogP contribution in [0.1, 0.15) is 58.8 Å². The Bertz CT molecular complexity index is 221. The van der Waals surface area contributed by atoms with E-state index in [0.717, 1.165) is 18.5 Å². The van der Waals surface area contributed by atoms with Gasteiger partial charge in [0.1, 0.15) is 0 Å². The first kappa shape index (κ1) is 12.4. The number of rotatable bonds is 3.